The van der Waals surface area contributed by atoms with Crippen LogP contribution in [0.25, 0.3) is 27.9 Å². The first-order chi connectivity index (χ1) is 13.9. The van der Waals surface area contributed by atoms with Crippen LogP contribution in [0.1, 0.15) is 12.8 Å². The van der Waals surface area contributed by atoms with E-state index in [-0.39, 0.29) is 0 Å². The van der Waals surface area contributed by atoms with Gasteiger partial charge in [-0.3, -0.25) is 0 Å². The lowest BCUT2D eigenvalue weighted by atomic mass is 10.1. The molecular weight excluding hydrogens is 396 g/mol. The van der Waals surface area contributed by atoms with E-state index in [1.165, 1.54) is 10.8 Å². The number of anilines is 1. The molecule has 0 spiro atoms. The lowest BCUT2D eigenvalue weighted by Crippen LogP contribution is -2.68. The van der Waals surface area contributed by atoms with Crippen LogP contribution in [-0.2, 0) is 6.54 Å². The Morgan fingerprint density at radius 1 is 0.931 bits per heavy atom. The van der Waals surface area contributed by atoms with E-state index in [2.05, 4.69) is 47.1 Å². The molecule has 0 bridgehead atoms. The second kappa shape index (κ2) is 9.04. The smallest absolute Gasteiger partial charge is 0.375 e. The van der Waals surface area contributed by atoms with Crippen LogP contribution in [0.4, 0.5) is 5.69 Å². The molecule has 29 heavy (non-hydrogen) atoms. The third kappa shape index (κ3) is 5.54. The Morgan fingerprint density at radius 2 is 1.59 bits per heavy atom. The lowest BCUT2D eigenvalue weighted by Gasteiger charge is -2.17. The van der Waals surface area contributed by atoms with Crippen LogP contribution < -0.4 is 28.5 Å². The topological polar surface area (TPSA) is 121 Å². The number of fused-ring (bicyclic) bond motifs is 3. The normalized spacial score (nSPS) is 11.6. The van der Waals surface area contributed by atoms with Crippen molar-refractivity contribution in [2.24, 2.45) is 0 Å². The van der Waals surface area contributed by atoms with E-state index < -0.39 is 10.2 Å². The summed E-state index contributed by atoms with van der Waals surface area (Å²) in [5.41, 5.74) is 3.11. The zero-order valence-corrected chi connectivity index (χ0v) is 16.3. The van der Waals surface area contributed by atoms with E-state index >= 15 is 0 Å². The quantitative estimate of drug-likeness (QED) is 0.477. The van der Waals surface area contributed by atoms with Gasteiger partial charge in [-0.25, -0.2) is 18.6 Å². The van der Waals surface area contributed by atoms with E-state index in [9.17, 15) is 0 Å². The number of halogens is 1. The highest BCUT2D eigenvalue weighted by Gasteiger charge is 2.21. The van der Waals surface area contributed by atoms with Gasteiger partial charge < -0.3 is 9.73 Å². The van der Waals surface area contributed by atoms with Crippen LogP contribution in [0, 0.1) is 10.2 Å². The minimum atomic E-state index is -4.94. The van der Waals surface area contributed by atoms with Crippen LogP contribution >= 0.6 is 0 Å². The Hall–Kier alpha value is -2.94. The molecule has 1 heterocycles. The van der Waals surface area contributed by atoms with E-state index in [1.807, 2.05) is 48.7 Å². The summed E-state index contributed by atoms with van der Waals surface area (Å²) in [4.78, 5) is 0. The van der Waals surface area contributed by atoms with E-state index in [4.69, 9.17) is 23.1 Å². The molecule has 0 radical (unpaired) electrons. The Balaban J connectivity index is 0.000000431. The molecule has 4 rings (SSSR count). The van der Waals surface area contributed by atoms with Gasteiger partial charge in [0.1, 0.15) is 6.54 Å². The predicted octanol–water partition coefficient (Wildman–Crippen LogP) is 0.220. The Morgan fingerprint density at radius 3 is 2.28 bits per heavy atom. The number of nitrogens with zero attached hydrogens (tertiary/aromatic N) is 1. The minimum Gasteiger partial charge on any atom is -0.398 e. The molecule has 0 atom stereocenters. The third-order valence-corrected chi connectivity index (χ3v) is 4.18. The van der Waals surface area contributed by atoms with Gasteiger partial charge in [0.25, 0.3) is 5.52 Å². The standard InChI is InChI=1S/C21H18N2O.ClHO4/c1-2-23-20(14-15-22-17-9-4-3-5-10-17)24-19-13-12-16-8-6-7-11-18(16)21(19)23;2-1(3,4)5/h3-15H,2H2,1H3;(H,2,3,4,5). The second-order valence-corrected chi connectivity index (χ2v) is 6.80. The summed E-state index contributed by atoms with van der Waals surface area (Å²) in [5, 5.41) is 5.72. The zero-order valence-electron chi connectivity index (χ0n) is 15.6. The molecule has 0 aliphatic heterocycles. The fraction of sp³-hybridized carbons (Fsp3) is 0.0952. The molecule has 0 aliphatic carbocycles. The highest BCUT2D eigenvalue weighted by molar-refractivity contribution is 6.01. The highest BCUT2D eigenvalue weighted by atomic mass is 35.7. The molecule has 0 saturated carbocycles. The fourth-order valence-corrected chi connectivity index (χ4v) is 3.06. The van der Waals surface area contributed by atoms with Crippen molar-refractivity contribution < 1.29 is 37.9 Å². The first-order valence-corrected chi connectivity index (χ1v) is 10.0. The van der Waals surface area contributed by atoms with E-state index in [1.54, 1.807) is 0 Å². The number of nitrogens with one attached hydrogen (secondary N) is 1. The van der Waals surface area contributed by atoms with Crippen molar-refractivity contribution in [3.8, 4) is 0 Å². The van der Waals surface area contributed by atoms with Gasteiger partial charge in [0.2, 0.25) is 5.58 Å². The second-order valence-electron chi connectivity index (χ2n) is 6.04. The fourth-order valence-electron chi connectivity index (χ4n) is 3.06. The van der Waals surface area contributed by atoms with Crippen molar-refractivity contribution in [3.63, 3.8) is 0 Å². The van der Waals surface area contributed by atoms with Crippen molar-refractivity contribution >= 4 is 33.6 Å². The Bertz CT molecular complexity index is 1110. The van der Waals surface area contributed by atoms with Crippen molar-refractivity contribution in [1.29, 1.82) is 0 Å². The summed E-state index contributed by atoms with van der Waals surface area (Å²) in [6.45, 7) is 2.99. The Labute approximate surface area is 169 Å². The molecule has 3 aromatic carbocycles. The maximum absolute atomic E-state index is 8.49. The number of rotatable bonds is 4. The van der Waals surface area contributed by atoms with Gasteiger partial charge in [0.15, 0.2) is 0 Å². The van der Waals surface area contributed by atoms with E-state index in [0.29, 0.717) is 0 Å². The average molecular weight is 415 g/mol. The monoisotopic (exact) mass is 414 g/mol. The number of hydrogen-bond acceptors (Lipinski definition) is 6. The van der Waals surface area contributed by atoms with Crippen molar-refractivity contribution in [2.75, 3.05) is 5.32 Å². The van der Waals surface area contributed by atoms with Gasteiger partial charge in [-0.05, 0) is 36.6 Å². The molecule has 8 heteroatoms. The largest absolute Gasteiger partial charge is 0.398 e. The number of aromatic nitrogens is 1. The molecule has 1 N–H and O–H groups in total. The van der Waals surface area contributed by atoms with Gasteiger partial charge in [-0.2, -0.15) is 4.57 Å². The first-order valence-electron chi connectivity index (χ1n) is 8.81. The van der Waals surface area contributed by atoms with Crippen LogP contribution in [-0.4, -0.2) is 0 Å². The van der Waals surface area contributed by atoms with Gasteiger partial charge in [0, 0.05) is 11.9 Å². The minimum absolute atomic E-state index is 0.840. The summed E-state index contributed by atoms with van der Waals surface area (Å²) in [6.07, 6.45) is 3.90. The SMILES string of the molecule is CC[n+]1c(/C=C/Nc2ccccc2)oc2ccc3ccccc3c21.[O-][Cl+3]([O-])([O-])[O-]. The molecular formula is C21H19ClN2O5. The maximum Gasteiger partial charge on any atom is 0.375 e. The number of benzene rings is 3. The van der Waals surface area contributed by atoms with Crippen molar-refractivity contribution in [1.82, 2.24) is 0 Å². The van der Waals surface area contributed by atoms with Crippen LogP contribution in [0.15, 0.2) is 77.3 Å². The molecule has 0 unspecified atom stereocenters. The molecule has 0 saturated heterocycles. The average Bonchev–Trinajstić information content (AvgIpc) is 3.05. The summed E-state index contributed by atoms with van der Waals surface area (Å²) in [5.74, 6) is 0.840. The van der Waals surface area contributed by atoms with Crippen molar-refractivity contribution in [2.45, 2.75) is 13.5 Å². The number of para-hydroxylation sites is 1. The Kier molecular flexibility index (Phi) is 6.48. The van der Waals surface area contributed by atoms with Gasteiger partial charge in [0.05, 0.1) is 11.5 Å². The summed E-state index contributed by atoms with van der Waals surface area (Å²) >= 11 is 0. The van der Waals surface area contributed by atoms with Crippen LogP contribution in [0.2, 0.25) is 0 Å². The molecule has 1 aromatic heterocycles. The lowest BCUT2D eigenvalue weighted by molar-refractivity contribution is -2.00. The molecule has 0 fully saturated rings. The van der Waals surface area contributed by atoms with Gasteiger partial charge >= 0.3 is 5.89 Å². The third-order valence-electron chi connectivity index (χ3n) is 4.18. The maximum atomic E-state index is 8.49. The summed E-state index contributed by atoms with van der Waals surface area (Å²) in [7, 11) is -4.94. The summed E-state index contributed by atoms with van der Waals surface area (Å²) < 4.78 is 42.3. The molecule has 0 amide bonds. The molecule has 7 nitrogen and oxygen atoms in total. The summed E-state index contributed by atoms with van der Waals surface area (Å²) in [6, 6.07) is 22.7. The number of hydrogen-bond donors (Lipinski definition) is 1. The number of oxazole rings is 1. The highest BCUT2D eigenvalue weighted by Crippen LogP contribution is 2.24. The number of aryl methyl sites for hydroxylation is 1. The van der Waals surface area contributed by atoms with Crippen LogP contribution in [0.3, 0.4) is 0 Å². The zero-order chi connectivity index (χ0) is 20.9. The van der Waals surface area contributed by atoms with Crippen LogP contribution in [0.5, 0.6) is 0 Å². The van der Waals surface area contributed by atoms with Gasteiger partial charge in [-0.15, -0.1) is 10.2 Å². The predicted molar refractivity (Wildman–Crippen MR) is 98.7 cm³/mol. The van der Waals surface area contributed by atoms with E-state index in [0.717, 1.165) is 29.2 Å². The molecule has 150 valence electrons. The first kappa shape index (κ1) is 20.8. The van der Waals surface area contributed by atoms with Gasteiger partial charge in [-0.1, -0.05) is 42.5 Å². The molecule has 4 aromatic rings. The van der Waals surface area contributed by atoms with Crippen molar-refractivity contribution in [3.05, 3.63) is 78.8 Å². The molecule has 0 aliphatic rings.